The maximum Gasteiger partial charge on any atom is 0.243 e. The van der Waals surface area contributed by atoms with E-state index in [0.29, 0.717) is 11.6 Å². The van der Waals surface area contributed by atoms with Crippen LogP contribution < -0.4 is 4.90 Å². The molecule has 0 bridgehead atoms. The van der Waals surface area contributed by atoms with Gasteiger partial charge in [0.15, 0.2) is 5.15 Å². The molecule has 130 valence electrons. The second kappa shape index (κ2) is 8.24. The molecule has 0 aliphatic heterocycles. The van der Waals surface area contributed by atoms with Crippen LogP contribution in [0.1, 0.15) is 30.8 Å². The lowest BCUT2D eigenvalue weighted by atomic mass is 10.0. The summed E-state index contributed by atoms with van der Waals surface area (Å²) in [5.74, 6) is 0.423. The Balaban J connectivity index is 2.55. The fourth-order valence-corrected chi connectivity index (χ4v) is 3.27. The number of hydrogen-bond acceptors (Lipinski definition) is 2. The van der Waals surface area contributed by atoms with Crippen LogP contribution in [-0.4, -0.2) is 21.3 Å². The van der Waals surface area contributed by atoms with Crippen LogP contribution in [0.5, 0.6) is 0 Å². The summed E-state index contributed by atoms with van der Waals surface area (Å²) in [5, 5.41) is 0.569. The van der Waals surface area contributed by atoms with E-state index >= 15 is 0 Å². The Morgan fingerprint density at radius 1 is 1.25 bits per heavy atom. The van der Waals surface area contributed by atoms with Crippen LogP contribution in [-0.2, 0) is 24.3 Å². The number of carbonyl (C=O) groups excluding carboxylic acids is 1. The van der Waals surface area contributed by atoms with Gasteiger partial charge in [-0.05, 0) is 24.5 Å². The van der Waals surface area contributed by atoms with E-state index in [1.54, 1.807) is 9.47 Å². The van der Waals surface area contributed by atoms with Gasteiger partial charge < -0.3 is 0 Å². The van der Waals surface area contributed by atoms with Gasteiger partial charge in [0.1, 0.15) is 23.5 Å². The number of aromatic nitrogens is 2. The van der Waals surface area contributed by atoms with Gasteiger partial charge in [0.05, 0.1) is 5.69 Å². The molecule has 1 aromatic carbocycles. The Hall–Kier alpha value is -1.23. The van der Waals surface area contributed by atoms with Gasteiger partial charge in [-0.3, -0.25) is 14.3 Å². The Morgan fingerprint density at radius 2 is 1.96 bits per heavy atom. The summed E-state index contributed by atoms with van der Waals surface area (Å²) in [4.78, 5) is 18.4. The summed E-state index contributed by atoms with van der Waals surface area (Å²) >= 11 is 18.2. The first-order valence-corrected chi connectivity index (χ1v) is 9.08. The first-order chi connectivity index (χ1) is 11.4. The molecule has 0 spiro atoms. The van der Waals surface area contributed by atoms with E-state index in [0.717, 1.165) is 29.1 Å². The highest BCUT2D eigenvalue weighted by molar-refractivity contribution is 6.40. The molecule has 0 fully saturated rings. The van der Waals surface area contributed by atoms with Crippen LogP contribution in [0, 0.1) is 6.92 Å². The summed E-state index contributed by atoms with van der Waals surface area (Å²) in [7, 11) is 0. The van der Waals surface area contributed by atoms with Gasteiger partial charge >= 0.3 is 0 Å². The average molecular weight is 389 g/mol. The predicted octanol–water partition coefficient (Wildman–Crippen LogP) is 4.85. The molecule has 0 atom stereocenters. The molecule has 4 nitrogen and oxygen atoms in total. The lowest BCUT2D eigenvalue weighted by molar-refractivity contribution is -0.116. The molecule has 0 aliphatic carbocycles. The van der Waals surface area contributed by atoms with E-state index < -0.39 is 0 Å². The molecule has 2 aromatic rings. The number of anilines is 1. The molecule has 0 unspecified atom stereocenters. The number of benzene rings is 1. The van der Waals surface area contributed by atoms with Crippen molar-refractivity contribution in [2.24, 2.45) is 0 Å². The maximum absolute atomic E-state index is 12.5. The maximum atomic E-state index is 12.5. The van der Waals surface area contributed by atoms with Crippen molar-refractivity contribution in [3.63, 3.8) is 0 Å². The smallest absolute Gasteiger partial charge is 0.243 e. The van der Waals surface area contributed by atoms with Gasteiger partial charge in [-0.15, -0.1) is 11.6 Å². The number of aryl methyl sites for hydroxylation is 3. The van der Waals surface area contributed by atoms with Crippen LogP contribution in [0.3, 0.4) is 0 Å². The lowest BCUT2D eigenvalue weighted by Crippen LogP contribution is -2.35. The molecular weight excluding hydrogens is 369 g/mol. The second-order valence-corrected chi connectivity index (χ2v) is 6.41. The molecule has 0 aliphatic rings. The third-order valence-corrected chi connectivity index (χ3v) is 4.90. The van der Waals surface area contributed by atoms with Crippen molar-refractivity contribution in [3.8, 4) is 0 Å². The number of amides is 1. The normalized spacial score (nSPS) is 10.9. The molecule has 24 heavy (non-hydrogen) atoms. The highest BCUT2D eigenvalue weighted by Gasteiger charge is 2.23. The number of rotatable bonds is 6. The second-order valence-electron chi connectivity index (χ2n) is 5.42. The van der Waals surface area contributed by atoms with E-state index in [2.05, 4.69) is 11.9 Å². The number of imidazole rings is 1. The van der Waals surface area contributed by atoms with Gasteiger partial charge in [-0.25, -0.2) is 4.98 Å². The molecular formula is C17H20Cl3N3O. The average Bonchev–Trinajstić information content (AvgIpc) is 2.86. The summed E-state index contributed by atoms with van der Waals surface area (Å²) in [5.41, 5.74) is 2.95. The van der Waals surface area contributed by atoms with Crippen molar-refractivity contribution < 1.29 is 4.79 Å². The zero-order valence-corrected chi connectivity index (χ0v) is 16.2. The lowest BCUT2D eigenvalue weighted by Gasteiger charge is -2.27. The number of halogens is 3. The highest BCUT2D eigenvalue weighted by Crippen LogP contribution is 2.29. The molecule has 0 N–H and O–H groups in total. The molecule has 7 heteroatoms. The van der Waals surface area contributed by atoms with E-state index in [1.165, 1.54) is 0 Å². The summed E-state index contributed by atoms with van der Waals surface area (Å²) in [6.45, 7) is 6.22. The first-order valence-electron chi connectivity index (χ1n) is 7.79. The van der Waals surface area contributed by atoms with E-state index in [1.807, 2.05) is 32.0 Å². The van der Waals surface area contributed by atoms with Crippen LogP contribution in [0.25, 0.3) is 0 Å². The van der Waals surface area contributed by atoms with Gasteiger partial charge in [-0.2, -0.15) is 0 Å². The largest absolute Gasteiger partial charge is 0.299 e. The van der Waals surface area contributed by atoms with Crippen molar-refractivity contribution in [1.29, 1.82) is 0 Å². The molecule has 2 rings (SSSR count). The summed E-state index contributed by atoms with van der Waals surface area (Å²) in [6.07, 6.45) is 1.46. The number of hydrogen-bond donors (Lipinski definition) is 0. The van der Waals surface area contributed by atoms with Crippen molar-refractivity contribution in [3.05, 3.63) is 45.5 Å². The Labute approximate surface area is 157 Å². The van der Waals surface area contributed by atoms with Crippen molar-refractivity contribution >= 4 is 46.4 Å². The summed E-state index contributed by atoms with van der Waals surface area (Å²) in [6, 6.07) is 5.98. The highest BCUT2D eigenvalue weighted by atomic mass is 35.5. The minimum Gasteiger partial charge on any atom is -0.299 e. The number of carbonyl (C=O) groups is 1. The third-order valence-electron chi connectivity index (χ3n) is 3.93. The number of nitrogens with zero attached hydrogens (tertiary/aromatic N) is 3. The monoisotopic (exact) mass is 387 g/mol. The SMILES string of the molecule is CCc1cccc(C)c1N(Cn1c(CC)nc(Cl)c1Cl)C(=O)CCl. The van der Waals surface area contributed by atoms with Gasteiger partial charge in [-0.1, -0.05) is 55.2 Å². The van der Waals surface area contributed by atoms with Crippen LogP contribution in [0.2, 0.25) is 10.3 Å². The zero-order valence-electron chi connectivity index (χ0n) is 13.9. The zero-order chi connectivity index (χ0) is 17.9. The Morgan fingerprint density at radius 3 is 2.54 bits per heavy atom. The first kappa shape index (κ1) is 19.1. The van der Waals surface area contributed by atoms with Crippen LogP contribution in [0.4, 0.5) is 5.69 Å². The summed E-state index contributed by atoms with van der Waals surface area (Å²) < 4.78 is 1.75. The molecule has 0 saturated carbocycles. The van der Waals surface area contributed by atoms with Crippen molar-refractivity contribution in [2.75, 3.05) is 10.8 Å². The van der Waals surface area contributed by atoms with Crippen molar-refractivity contribution in [2.45, 2.75) is 40.3 Å². The van der Waals surface area contributed by atoms with Gasteiger partial charge in [0.25, 0.3) is 0 Å². The van der Waals surface area contributed by atoms with E-state index in [9.17, 15) is 4.79 Å². The standard InChI is InChI=1S/C17H20Cl3N3O/c1-4-12-8-6-7-11(3)15(12)23(14(24)9-18)10-22-13(5-2)21-16(19)17(22)20/h6-8H,4-5,9-10H2,1-3H3. The molecule has 0 radical (unpaired) electrons. The van der Waals surface area contributed by atoms with E-state index in [4.69, 9.17) is 34.8 Å². The molecule has 1 aromatic heterocycles. The van der Waals surface area contributed by atoms with Gasteiger partial charge in [0.2, 0.25) is 5.91 Å². The molecule has 1 amide bonds. The Bertz CT molecular complexity index is 743. The minimum atomic E-state index is -0.191. The predicted molar refractivity (Wildman–Crippen MR) is 100 cm³/mol. The van der Waals surface area contributed by atoms with E-state index in [-0.39, 0.29) is 23.6 Å². The van der Waals surface area contributed by atoms with Gasteiger partial charge in [0, 0.05) is 6.42 Å². The fraction of sp³-hybridized carbons (Fsp3) is 0.412. The quantitative estimate of drug-likeness (QED) is 0.663. The van der Waals surface area contributed by atoms with Crippen molar-refractivity contribution in [1.82, 2.24) is 9.55 Å². The minimum absolute atomic E-state index is 0.112. The topological polar surface area (TPSA) is 38.1 Å². The number of alkyl halides is 1. The third kappa shape index (κ3) is 3.71. The van der Waals surface area contributed by atoms with Crippen LogP contribution >= 0.6 is 34.8 Å². The molecule has 1 heterocycles. The Kier molecular flexibility index (Phi) is 6.55. The molecule has 0 saturated heterocycles. The number of para-hydroxylation sites is 1. The fourth-order valence-electron chi connectivity index (χ4n) is 2.74. The van der Waals surface area contributed by atoms with Crippen LogP contribution in [0.15, 0.2) is 18.2 Å².